The molecule has 0 aliphatic heterocycles. The first-order chi connectivity index (χ1) is 1.73. The van der Waals surface area contributed by atoms with E-state index in [1.165, 1.54) is 0 Å². The molecule has 0 bridgehead atoms. The second-order valence-corrected chi connectivity index (χ2v) is 0.519. The number of rotatable bonds is 0. The molecule has 2 nitrogen and oxygen atoms in total. The molecule has 0 radical (unpaired) electrons. The van der Waals surface area contributed by atoms with Crippen LogP contribution in [0.25, 0.3) is 0 Å². The molecule has 1 N–H and O–H groups in total. The van der Waals surface area contributed by atoms with Crippen molar-refractivity contribution in [2.45, 2.75) is 6.92 Å². The van der Waals surface area contributed by atoms with Crippen molar-refractivity contribution in [1.29, 1.82) is 0 Å². The molecule has 0 amide bonds. The fourth-order valence-electron chi connectivity index (χ4n) is 0. The van der Waals surface area contributed by atoms with Crippen LogP contribution in [0.15, 0.2) is 0 Å². The maximum atomic E-state index is 9.00. The van der Waals surface area contributed by atoms with Crippen LogP contribution in [0.2, 0.25) is 0 Å². The molecular formula is C2H8Mg2O2. The normalized spacial score (nSPS) is 4.17. The summed E-state index contributed by atoms with van der Waals surface area (Å²) in [5, 5.41) is 7.42. The predicted octanol–water partition coefficient (Wildman–Crippen LogP) is -1.74. The van der Waals surface area contributed by atoms with Gasteiger partial charge < -0.3 is 5.11 Å². The van der Waals surface area contributed by atoms with Crippen LogP contribution >= 0.6 is 0 Å². The number of carboxylic acid groups (broad SMARTS) is 1. The molecule has 0 aromatic rings. The van der Waals surface area contributed by atoms with E-state index in [9.17, 15) is 0 Å². The van der Waals surface area contributed by atoms with Gasteiger partial charge in [-0.1, -0.05) is 0 Å². The zero-order valence-corrected chi connectivity index (χ0v) is 2.36. The Morgan fingerprint density at radius 2 is 1.50 bits per heavy atom. The SMILES string of the molecule is CC(=O)O.[MgH2].[MgH2]. The Labute approximate surface area is 68.6 Å². The zero-order chi connectivity index (χ0) is 3.58. The summed E-state index contributed by atoms with van der Waals surface area (Å²) in [4.78, 5) is 9.00. The molecule has 0 aromatic carbocycles. The Morgan fingerprint density at radius 3 is 1.50 bits per heavy atom. The van der Waals surface area contributed by atoms with Crippen LogP contribution in [0.4, 0.5) is 0 Å². The Hall–Kier alpha value is 1.00. The highest BCUT2D eigenvalue weighted by atomic mass is 24.3. The van der Waals surface area contributed by atoms with E-state index in [-0.39, 0.29) is 46.1 Å². The van der Waals surface area contributed by atoms with Gasteiger partial charge in [-0.15, -0.1) is 0 Å². The van der Waals surface area contributed by atoms with Gasteiger partial charge in [-0.05, 0) is 0 Å². The maximum Gasteiger partial charge on any atom is 0.316 e. The summed E-state index contributed by atoms with van der Waals surface area (Å²) in [6.45, 7) is 1.08. The third-order valence-corrected chi connectivity index (χ3v) is 0. The second kappa shape index (κ2) is 9.38. The number of hydrogen-bond donors (Lipinski definition) is 1. The fourth-order valence-corrected chi connectivity index (χ4v) is 0. The summed E-state index contributed by atoms with van der Waals surface area (Å²) in [5.41, 5.74) is 0. The molecule has 0 atom stereocenters. The standard InChI is InChI=1S/C2H4O2.2Mg.4H/c1-2(3)4;;;;;;/h1H3,(H,3,4);;;;;;. The van der Waals surface area contributed by atoms with Crippen LogP contribution in [-0.4, -0.2) is 57.2 Å². The molecule has 0 aliphatic rings. The van der Waals surface area contributed by atoms with Gasteiger partial charge in [0.2, 0.25) is 0 Å². The summed E-state index contributed by atoms with van der Waals surface area (Å²) in [6.07, 6.45) is 0. The number of carbonyl (C=O) groups is 1. The summed E-state index contributed by atoms with van der Waals surface area (Å²) < 4.78 is 0. The topological polar surface area (TPSA) is 37.3 Å². The highest BCUT2D eigenvalue weighted by molar-refractivity contribution is 5.76. The lowest BCUT2D eigenvalue weighted by Gasteiger charge is -1.59. The molecule has 0 heterocycles. The van der Waals surface area contributed by atoms with E-state index in [1.54, 1.807) is 0 Å². The van der Waals surface area contributed by atoms with E-state index in [2.05, 4.69) is 0 Å². The fraction of sp³-hybridized carbons (Fsp3) is 0.500. The molecule has 0 unspecified atom stereocenters. The van der Waals surface area contributed by atoms with Crippen molar-refractivity contribution in [1.82, 2.24) is 0 Å². The van der Waals surface area contributed by atoms with Gasteiger partial charge in [0, 0.05) is 6.92 Å². The molecule has 0 aliphatic carbocycles. The molecule has 0 fully saturated rings. The van der Waals surface area contributed by atoms with Crippen molar-refractivity contribution >= 4 is 52.1 Å². The van der Waals surface area contributed by atoms with E-state index in [0.29, 0.717) is 0 Å². The average molecular weight is 113 g/mol. The van der Waals surface area contributed by atoms with E-state index >= 15 is 0 Å². The first-order valence-corrected chi connectivity index (χ1v) is 0.928. The number of aliphatic carboxylic acids is 1. The van der Waals surface area contributed by atoms with Crippen LogP contribution in [-0.2, 0) is 4.79 Å². The van der Waals surface area contributed by atoms with Gasteiger partial charge >= 0.3 is 46.1 Å². The van der Waals surface area contributed by atoms with Crippen molar-refractivity contribution in [3.05, 3.63) is 0 Å². The van der Waals surface area contributed by atoms with Crippen LogP contribution in [0, 0.1) is 0 Å². The third kappa shape index (κ3) is 79.7. The van der Waals surface area contributed by atoms with Crippen molar-refractivity contribution in [3.63, 3.8) is 0 Å². The lowest BCUT2D eigenvalue weighted by molar-refractivity contribution is -0.134. The molecule has 6 heavy (non-hydrogen) atoms. The van der Waals surface area contributed by atoms with Gasteiger partial charge in [0.25, 0.3) is 5.97 Å². The molecular weight excluding hydrogens is 105 g/mol. The molecule has 0 saturated carbocycles. The van der Waals surface area contributed by atoms with Gasteiger partial charge in [0.05, 0.1) is 0 Å². The lowest BCUT2D eigenvalue weighted by Crippen LogP contribution is -1.78. The molecule has 0 saturated heterocycles. The van der Waals surface area contributed by atoms with Crippen LogP contribution in [0.1, 0.15) is 6.92 Å². The van der Waals surface area contributed by atoms with E-state index in [1.807, 2.05) is 0 Å². The Morgan fingerprint density at radius 1 is 1.50 bits per heavy atom. The zero-order valence-electron chi connectivity index (χ0n) is 2.36. The van der Waals surface area contributed by atoms with Gasteiger partial charge in [0.15, 0.2) is 0 Å². The summed E-state index contributed by atoms with van der Waals surface area (Å²) in [6, 6.07) is 0. The molecule has 0 aromatic heterocycles. The largest absolute Gasteiger partial charge is 0.481 e. The van der Waals surface area contributed by atoms with Crippen molar-refractivity contribution in [2.75, 3.05) is 0 Å². The Kier molecular flexibility index (Phi) is 24.6. The van der Waals surface area contributed by atoms with Gasteiger partial charge in [-0.3, -0.25) is 4.79 Å². The first-order valence-electron chi connectivity index (χ1n) is 0.928. The minimum absolute atomic E-state index is 0. The highest BCUT2D eigenvalue weighted by Gasteiger charge is 1.65. The lowest BCUT2D eigenvalue weighted by atomic mass is 10.9. The van der Waals surface area contributed by atoms with Crippen LogP contribution in [0.3, 0.4) is 0 Å². The molecule has 4 heteroatoms. The minimum atomic E-state index is -0.833. The van der Waals surface area contributed by atoms with Crippen LogP contribution in [0.5, 0.6) is 0 Å². The average Bonchev–Trinajstić information content (AvgIpc) is 0.811. The predicted molar refractivity (Wildman–Crippen MR) is 30.4 cm³/mol. The molecule has 32 valence electrons. The second-order valence-electron chi connectivity index (χ2n) is 0.519. The van der Waals surface area contributed by atoms with Crippen LogP contribution < -0.4 is 0 Å². The molecule has 0 rings (SSSR count). The number of hydrogen-bond acceptors (Lipinski definition) is 1. The maximum absolute atomic E-state index is 9.00. The summed E-state index contributed by atoms with van der Waals surface area (Å²) in [5.74, 6) is -0.833. The summed E-state index contributed by atoms with van der Waals surface area (Å²) >= 11 is 0. The minimum Gasteiger partial charge on any atom is -0.481 e. The van der Waals surface area contributed by atoms with Crippen molar-refractivity contribution in [2.24, 2.45) is 0 Å². The monoisotopic (exact) mass is 112 g/mol. The van der Waals surface area contributed by atoms with Crippen molar-refractivity contribution < 1.29 is 9.90 Å². The smallest absolute Gasteiger partial charge is 0.316 e. The highest BCUT2D eigenvalue weighted by Crippen LogP contribution is 1.42. The van der Waals surface area contributed by atoms with Gasteiger partial charge in [-0.2, -0.15) is 0 Å². The Balaban J connectivity index is -0.0000000450. The van der Waals surface area contributed by atoms with Gasteiger partial charge in [0.1, 0.15) is 0 Å². The quantitative estimate of drug-likeness (QED) is 0.378. The van der Waals surface area contributed by atoms with Crippen molar-refractivity contribution in [3.8, 4) is 0 Å². The Bertz CT molecular complexity index is 32.5. The summed E-state index contributed by atoms with van der Waals surface area (Å²) in [7, 11) is 0. The van der Waals surface area contributed by atoms with E-state index in [4.69, 9.17) is 9.90 Å². The first kappa shape index (κ1) is 15.7. The third-order valence-electron chi connectivity index (χ3n) is 0. The number of carboxylic acids is 1. The van der Waals surface area contributed by atoms with E-state index in [0.717, 1.165) is 6.92 Å². The van der Waals surface area contributed by atoms with E-state index < -0.39 is 5.97 Å². The molecule has 0 spiro atoms. The van der Waals surface area contributed by atoms with Gasteiger partial charge in [-0.25, -0.2) is 0 Å².